The van der Waals surface area contributed by atoms with Gasteiger partial charge in [-0.05, 0) is 41.5 Å². The third-order valence-electron chi connectivity index (χ3n) is 1.06. The molecule has 0 unspecified atom stereocenters. The van der Waals surface area contributed by atoms with Crippen molar-refractivity contribution in [3.8, 4) is 0 Å². The summed E-state index contributed by atoms with van der Waals surface area (Å²) in [6, 6.07) is 0. The molecule has 0 bridgehead atoms. The minimum Gasteiger partial charge on any atom is -0.297 e. The molecular formula is C11H19Cl3O3. The van der Waals surface area contributed by atoms with Crippen LogP contribution in [0, 0.1) is 5.41 Å². The summed E-state index contributed by atoms with van der Waals surface area (Å²) in [6.45, 7) is 10.8. The monoisotopic (exact) mass is 304 g/mol. The highest BCUT2D eigenvalue weighted by atomic mass is 35.5. The average Bonchev–Trinajstić information content (AvgIpc) is 2.12. The maximum absolute atomic E-state index is 11.2. The molecule has 0 saturated heterocycles. The first-order chi connectivity index (χ1) is 7.40. The first kappa shape index (κ1) is 19.4. The number of halogens is 3. The van der Waals surface area contributed by atoms with Crippen molar-refractivity contribution >= 4 is 40.8 Å². The second-order valence-electron chi connectivity index (χ2n) is 5.22. The predicted molar refractivity (Wildman–Crippen MR) is 72.0 cm³/mol. The van der Waals surface area contributed by atoms with Crippen LogP contribution in [-0.4, -0.2) is 11.6 Å². The zero-order valence-corrected chi connectivity index (χ0v) is 13.2. The van der Waals surface area contributed by atoms with Crippen molar-refractivity contribution in [1.82, 2.24) is 0 Å². The van der Waals surface area contributed by atoms with E-state index in [1.165, 1.54) is 0 Å². The summed E-state index contributed by atoms with van der Waals surface area (Å²) in [5.74, 6) is -0.350. The van der Waals surface area contributed by atoms with Crippen LogP contribution in [0.5, 0.6) is 0 Å². The molecule has 0 aliphatic heterocycles. The van der Waals surface area contributed by atoms with Gasteiger partial charge in [0.05, 0.1) is 5.41 Å². The molecule has 0 aromatic carbocycles. The van der Waals surface area contributed by atoms with Crippen molar-refractivity contribution in [3.63, 3.8) is 0 Å². The number of hydrogen-bond donors (Lipinski definition) is 0. The molecule has 0 fully saturated rings. The summed E-state index contributed by atoms with van der Waals surface area (Å²) < 4.78 is 0.0895. The molecular weight excluding hydrogens is 286 g/mol. The molecule has 102 valence electrons. The average molecular weight is 306 g/mol. The van der Waals surface area contributed by atoms with Gasteiger partial charge in [-0.25, -0.2) is 4.79 Å². The van der Waals surface area contributed by atoms with Crippen molar-refractivity contribution in [2.45, 2.75) is 47.1 Å². The zero-order valence-electron chi connectivity index (χ0n) is 10.9. The van der Waals surface area contributed by atoms with E-state index in [0.29, 0.717) is 0 Å². The lowest BCUT2D eigenvalue weighted by Gasteiger charge is -2.20. The van der Waals surface area contributed by atoms with Gasteiger partial charge in [-0.1, -0.05) is 34.8 Å². The topological polar surface area (TPSA) is 35.5 Å². The minimum atomic E-state index is -0.509. The van der Waals surface area contributed by atoms with E-state index in [4.69, 9.17) is 39.7 Å². The first-order valence-electron chi connectivity index (χ1n) is 4.91. The van der Waals surface area contributed by atoms with Crippen LogP contribution in [0.1, 0.15) is 41.5 Å². The van der Waals surface area contributed by atoms with E-state index in [0.717, 1.165) is 5.54 Å². The Balaban J connectivity index is 0. The van der Waals surface area contributed by atoms with Crippen molar-refractivity contribution in [1.29, 1.82) is 0 Å². The zero-order chi connectivity index (χ0) is 14.3. The molecule has 0 saturated carbocycles. The number of rotatable bonds is 1. The second-order valence-corrected chi connectivity index (χ2v) is 6.44. The van der Waals surface area contributed by atoms with Crippen LogP contribution in [0.4, 0.5) is 0 Å². The highest BCUT2D eigenvalue weighted by Crippen LogP contribution is 2.17. The van der Waals surface area contributed by atoms with E-state index in [2.05, 4.69) is 4.89 Å². The van der Waals surface area contributed by atoms with Gasteiger partial charge in [-0.15, -0.1) is 0 Å². The van der Waals surface area contributed by atoms with E-state index < -0.39 is 11.0 Å². The Morgan fingerprint density at radius 3 is 1.59 bits per heavy atom. The van der Waals surface area contributed by atoms with Crippen LogP contribution in [0.15, 0.2) is 10.0 Å². The van der Waals surface area contributed by atoms with E-state index in [1.54, 1.807) is 20.8 Å². The van der Waals surface area contributed by atoms with E-state index in [-0.39, 0.29) is 10.5 Å². The molecule has 0 aliphatic carbocycles. The van der Waals surface area contributed by atoms with E-state index >= 15 is 0 Å². The predicted octanol–water partition coefficient (Wildman–Crippen LogP) is 4.81. The van der Waals surface area contributed by atoms with Gasteiger partial charge in [0.15, 0.2) is 0 Å². The number of hydrogen-bond acceptors (Lipinski definition) is 3. The van der Waals surface area contributed by atoms with Gasteiger partial charge in [0, 0.05) is 5.54 Å². The highest BCUT2D eigenvalue weighted by molar-refractivity contribution is 6.58. The van der Waals surface area contributed by atoms with Crippen LogP contribution >= 0.6 is 34.8 Å². The molecule has 0 N–H and O–H groups in total. The maximum atomic E-state index is 11.2. The molecule has 0 spiro atoms. The highest BCUT2D eigenvalue weighted by Gasteiger charge is 2.26. The van der Waals surface area contributed by atoms with Gasteiger partial charge >= 0.3 is 5.97 Å². The van der Waals surface area contributed by atoms with Crippen molar-refractivity contribution in [2.75, 3.05) is 0 Å². The van der Waals surface area contributed by atoms with Crippen LogP contribution in [0.25, 0.3) is 0 Å². The molecule has 0 heterocycles. The van der Waals surface area contributed by atoms with Crippen LogP contribution in [0.2, 0.25) is 0 Å². The standard InChI is InChI=1S/C9H18O3.C2HCl3/c1-8(2,3)7(10)11-12-9(4,5)6;3-1-2(4)5/h1-6H3;1H. The maximum Gasteiger partial charge on any atom is 0.347 e. The van der Waals surface area contributed by atoms with Gasteiger partial charge in [-0.3, -0.25) is 4.89 Å². The first-order valence-corrected chi connectivity index (χ1v) is 6.11. The Morgan fingerprint density at radius 2 is 1.41 bits per heavy atom. The van der Waals surface area contributed by atoms with Gasteiger partial charge in [0.1, 0.15) is 10.1 Å². The van der Waals surface area contributed by atoms with Crippen molar-refractivity contribution in [2.24, 2.45) is 5.41 Å². The smallest absolute Gasteiger partial charge is 0.297 e. The fraction of sp³-hybridized carbons (Fsp3) is 0.727. The van der Waals surface area contributed by atoms with Crippen LogP contribution < -0.4 is 0 Å². The summed E-state index contributed by atoms with van der Waals surface area (Å²) in [7, 11) is 0. The van der Waals surface area contributed by atoms with Gasteiger partial charge in [-0.2, -0.15) is 4.89 Å². The van der Waals surface area contributed by atoms with Gasteiger partial charge < -0.3 is 0 Å². The number of carbonyl (C=O) groups is 1. The second kappa shape index (κ2) is 8.20. The summed E-state index contributed by atoms with van der Waals surface area (Å²) in [5, 5.41) is 0. The normalized spacial score (nSPS) is 11.1. The summed E-state index contributed by atoms with van der Waals surface area (Å²) >= 11 is 14.8. The molecule has 0 atom stereocenters. The third kappa shape index (κ3) is 16.0. The third-order valence-corrected chi connectivity index (χ3v) is 1.72. The molecule has 0 radical (unpaired) electrons. The van der Waals surface area contributed by atoms with Crippen molar-refractivity contribution in [3.05, 3.63) is 10.0 Å². The molecule has 0 aromatic heterocycles. The molecule has 0 rings (SSSR count). The summed E-state index contributed by atoms with van der Waals surface area (Å²) in [4.78, 5) is 20.7. The molecule has 6 heteroatoms. The van der Waals surface area contributed by atoms with Gasteiger partial charge in [0.2, 0.25) is 0 Å². The van der Waals surface area contributed by atoms with Crippen LogP contribution in [-0.2, 0) is 14.6 Å². The Kier molecular flexibility index (Phi) is 9.34. The Bertz CT molecular complexity index is 258. The Hall–Kier alpha value is 0.0400. The Morgan fingerprint density at radius 1 is 1.06 bits per heavy atom. The fourth-order valence-corrected chi connectivity index (χ4v) is 0.288. The number of carbonyl (C=O) groups excluding carboxylic acids is 1. The largest absolute Gasteiger partial charge is 0.347 e. The van der Waals surface area contributed by atoms with Gasteiger partial charge in [0.25, 0.3) is 0 Å². The lowest BCUT2D eigenvalue weighted by molar-refractivity contribution is -0.325. The molecule has 0 aromatic rings. The molecule has 17 heavy (non-hydrogen) atoms. The summed E-state index contributed by atoms with van der Waals surface area (Å²) in [5.41, 5.74) is 0.134. The van der Waals surface area contributed by atoms with Crippen LogP contribution in [0.3, 0.4) is 0 Å². The quantitative estimate of drug-likeness (QED) is 0.515. The van der Waals surface area contributed by atoms with Crippen molar-refractivity contribution < 1.29 is 14.6 Å². The molecule has 3 nitrogen and oxygen atoms in total. The lowest BCUT2D eigenvalue weighted by atomic mass is 9.98. The fourth-order valence-electron chi connectivity index (χ4n) is 0.288. The lowest BCUT2D eigenvalue weighted by Crippen LogP contribution is -2.28. The molecule has 0 aliphatic rings. The molecule has 0 amide bonds. The SMILES string of the molecule is CC(C)(C)OOC(=O)C(C)(C)C.ClC=C(Cl)Cl. The van der Waals surface area contributed by atoms with E-state index in [9.17, 15) is 4.79 Å². The summed E-state index contributed by atoms with van der Waals surface area (Å²) in [6.07, 6.45) is 0. The minimum absolute atomic E-state index is 0.0895. The Labute approximate surface area is 118 Å². The van der Waals surface area contributed by atoms with E-state index in [1.807, 2.05) is 20.8 Å².